The highest BCUT2D eigenvalue weighted by atomic mass is 16.3. The van der Waals surface area contributed by atoms with Gasteiger partial charge in [-0.05, 0) is 43.5 Å². The molecule has 0 aliphatic carbocycles. The van der Waals surface area contributed by atoms with Crippen molar-refractivity contribution in [2.75, 3.05) is 18.5 Å². The predicted molar refractivity (Wildman–Crippen MR) is 101 cm³/mol. The van der Waals surface area contributed by atoms with Crippen molar-refractivity contribution < 1.29 is 5.11 Å². The molecule has 1 N–H and O–H groups in total. The van der Waals surface area contributed by atoms with E-state index >= 15 is 0 Å². The van der Waals surface area contributed by atoms with Gasteiger partial charge in [0.1, 0.15) is 5.75 Å². The molecule has 1 heterocycles. The number of benzene rings is 1. The quantitative estimate of drug-likeness (QED) is 0.680. The third kappa shape index (κ3) is 5.02. The van der Waals surface area contributed by atoms with Crippen LogP contribution in [0.2, 0.25) is 0 Å². The number of nitrogens with zero attached hydrogens (tertiary/aromatic N) is 3. The SMILES string of the molecule is CCCCCCCN(C)c1cc(C)n(Cc2cc(O)ccc2C)n1. The molecular formula is C20H31N3O. The van der Waals surface area contributed by atoms with Crippen LogP contribution in [0.4, 0.5) is 5.82 Å². The second-order valence-corrected chi connectivity index (χ2v) is 6.75. The molecule has 0 unspecified atom stereocenters. The first-order chi connectivity index (χ1) is 11.5. The van der Waals surface area contributed by atoms with Gasteiger partial charge in [-0.25, -0.2) is 0 Å². The number of hydrogen-bond acceptors (Lipinski definition) is 3. The Balaban J connectivity index is 1.97. The summed E-state index contributed by atoms with van der Waals surface area (Å²) in [5.74, 6) is 1.34. The van der Waals surface area contributed by atoms with Gasteiger partial charge >= 0.3 is 0 Å². The number of aryl methyl sites for hydroxylation is 2. The van der Waals surface area contributed by atoms with Crippen molar-refractivity contribution in [3.63, 3.8) is 0 Å². The highest BCUT2D eigenvalue weighted by molar-refractivity contribution is 5.39. The molecule has 24 heavy (non-hydrogen) atoms. The highest BCUT2D eigenvalue weighted by Gasteiger charge is 2.10. The number of phenols is 1. The molecule has 0 aliphatic rings. The van der Waals surface area contributed by atoms with Gasteiger partial charge in [-0.1, -0.05) is 38.7 Å². The minimum Gasteiger partial charge on any atom is -0.508 e. The van der Waals surface area contributed by atoms with Crippen molar-refractivity contribution in [2.45, 2.75) is 59.4 Å². The van der Waals surface area contributed by atoms with Crippen LogP contribution in [0.15, 0.2) is 24.3 Å². The van der Waals surface area contributed by atoms with Crippen LogP contribution in [0.1, 0.15) is 55.8 Å². The predicted octanol–water partition coefficient (Wildman–Crippen LogP) is 4.66. The van der Waals surface area contributed by atoms with Crippen molar-refractivity contribution >= 4 is 5.82 Å². The minimum atomic E-state index is 0.310. The first-order valence-electron chi connectivity index (χ1n) is 9.05. The average Bonchev–Trinajstić information content (AvgIpc) is 2.91. The monoisotopic (exact) mass is 329 g/mol. The fourth-order valence-electron chi connectivity index (χ4n) is 2.90. The summed E-state index contributed by atoms with van der Waals surface area (Å²) in [5, 5.41) is 14.5. The molecule has 4 nitrogen and oxygen atoms in total. The Labute approximate surface area is 146 Å². The summed E-state index contributed by atoms with van der Waals surface area (Å²) in [4.78, 5) is 2.24. The lowest BCUT2D eigenvalue weighted by Crippen LogP contribution is -2.19. The van der Waals surface area contributed by atoms with E-state index in [-0.39, 0.29) is 0 Å². The number of hydrogen-bond donors (Lipinski definition) is 1. The molecular weight excluding hydrogens is 298 g/mol. The van der Waals surface area contributed by atoms with Gasteiger partial charge in [-0.2, -0.15) is 5.10 Å². The van der Waals surface area contributed by atoms with Crippen molar-refractivity contribution in [3.05, 3.63) is 41.1 Å². The topological polar surface area (TPSA) is 41.3 Å². The Morgan fingerprint density at radius 2 is 1.83 bits per heavy atom. The summed E-state index contributed by atoms with van der Waals surface area (Å²) >= 11 is 0. The second-order valence-electron chi connectivity index (χ2n) is 6.75. The summed E-state index contributed by atoms with van der Waals surface area (Å²) in [6.07, 6.45) is 6.46. The highest BCUT2D eigenvalue weighted by Crippen LogP contribution is 2.20. The first kappa shape index (κ1) is 18.4. The van der Waals surface area contributed by atoms with E-state index in [1.807, 2.05) is 16.8 Å². The number of phenolic OH excluding ortho intramolecular Hbond substituents is 1. The Morgan fingerprint density at radius 3 is 2.58 bits per heavy atom. The molecule has 0 saturated heterocycles. The molecule has 132 valence electrons. The van der Waals surface area contributed by atoms with Crippen LogP contribution in [0, 0.1) is 13.8 Å². The number of aromatic nitrogens is 2. The van der Waals surface area contributed by atoms with E-state index in [2.05, 4.69) is 38.8 Å². The van der Waals surface area contributed by atoms with Crippen molar-refractivity contribution in [2.24, 2.45) is 0 Å². The van der Waals surface area contributed by atoms with Gasteiger partial charge < -0.3 is 10.0 Å². The van der Waals surface area contributed by atoms with Gasteiger partial charge in [0, 0.05) is 25.4 Å². The van der Waals surface area contributed by atoms with E-state index in [4.69, 9.17) is 5.10 Å². The Hall–Kier alpha value is -1.97. The molecule has 0 aliphatic heterocycles. The number of aromatic hydroxyl groups is 1. The van der Waals surface area contributed by atoms with Crippen molar-refractivity contribution in [1.29, 1.82) is 0 Å². The summed E-state index contributed by atoms with van der Waals surface area (Å²) < 4.78 is 2.02. The molecule has 0 fully saturated rings. The van der Waals surface area contributed by atoms with E-state index < -0.39 is 0 Å². The molecule has 2 aromatic rings. The smallest absolute Gasteiger partial charge is 0.150 e. The molecule has 1 aromatic carbocycles. The van der Waals surface area contributed by atoms with Gasteiger partial charge in [0.15, 0.2) is 5.82 Å². The first-order valence-corrected chi connectivity index (χ1v) is 9.05. The lowest BCUT2D eigenvalue weighted by Gasteiger charge is -2.16. The zero-order valence-electron chi connectivity index (χ0n) is 15.5. The largest absolute Gasteiger partial charge is 0.508 e. The maximum absolute atomic E-state index is 9.70. The Morgan fingerprint density at radius 1 is 1.08 bits per heavy atom. The summed E-state index contributed by atoms with van der Waals surface area (Å²) in [5.41, 5.74) is 3.43. The molecule has 0 amide bonds. The van der Waals surface area contributed by atoms with Crippen LogP contribution in [0.5, 0.6) is 5.75 Å². The van der Waals surface area contributed by atoms with E-state index in [1.54, 1.807) is 6.07 Å². The summed E-state index contributed by atoms with van der Waals surface area (Å²) in [6, 6.07) is 7.65. The zero-order chi connectivity index (χ0) is 17.5. The van der Waals surface area contributed by atoms with Crippen LogP contribution in [0.3, 0.4) is 0 Å². The number of rotatable bonds is 9. The van der Waals surface area contributed by atoms with E-state index in [9.17, 15) is 5.11 Å². The van der Waals surface area contributed by atoms with Gasteiger partial charge in [0.05, 0.1) is 6.54 Å². The molecule has 4 heteroatoms. The van der Waals surface area contributed by atoms with Crippen molar-refractivity contribution in [3.8, 4) is 5.75 Å². The van der Waals surface area contributed by atoms with Crippen molar-refractivity contribution in [1.82, 2.24) is 9.78 Å². The van der Waals surface area contributed by atoms with Crippen LogP contribution in [-0.4, -0.2) is 28.5 Å². The standard InChI is InChI=1S/C20H31N3O/c1-5-6-7-8-9-12-22(4)20-13-17(3)23(21-20)15-18-14-19(24)11-10-16(18)2/h10-11,13-14,24H,5-9,12,15H2,1-4H3. The van der Waals surface area contributed by atoms with Gasteiger partial charge in [-0.3, -0.25) is 4.68 Å². The molecule has 2 rings (SSSR count). The Bertz CT molecular complexity index is 648. The van der Waals surface area contributed by atoms with Crippen LogP contribution >= 0.6 is 0 Å². The lowest BCUT2D eigenvalue weighted by molar-refractivity contribution is 0.473. The molecule has 1 aromatic heterocycles. The molecule has 0 saturated carbocycles. The zero-order valence-corrected chi connectivity index (χ0v) is 15.5. The third-order valence-electron chi connectivity index (χ3n) is 4.61. The van der Waals surface area contributed by atoms with Gasteiger partial charge in [-0.15, -0.1) is 0 Å². The third-order valence-corrected chi connectivity index (χ3v) is 4.61. The number of anilines is 1. The number of unbranched alkanes of at least 4 members (excludes halogenated alkanes) is 4. The van der Waals surface area contributed by atoms with Crippen LogP contribution < -0.4 is 4.90 Å². The summed E-state index contributed by atoms with van der Waals surface area (Å²) in [6.45, 7) is 8.14. The normalized spacial score (nSPS) is 11.0. The molecule has 0 radical (unpaired) electrons. The molecule has 0 bridgehead atoms. The minimum absolute atomic E-state index is 0.310. The fraction of sp³-hybridized carbons (Fsp3) is 0.550. The summed E-state index contributed by atoms with van der Waals surface area (Å²) in [7, 11) is 2.12. The van der Waals surface area contributed by atoms with Crippen LogP contribution in [0.25, 0.3) is 0 Å². The molecule has 0 atom stereocenters. The average molecular weight is 329 g/mol. The lowest BCUT2D eigenvalue weighted by atomic mass is 10.1. The second kappa shape index (κ2) is 8.76. The van der Waals surface area contributed by atoms with Crippen LogP contribution in [-0.2, 0) is 6.54 Å². The maximum atomic E-state index is 9.70. The van der Waals surface area contributed by atoms with E-state index in [1.165, 1.54) is 37.7 Å². The fourth-order valence-corrected chi connectivity index (χ4v) is 2.90. The van der Waals surface area contributed by atoms with E-state index in [0.717, 1.165) is 23.6 Å². The Kier molecular flexibility index (Phi) is 6.71. The van der Waals surface area contributed by atoms with Gasteiger partial charge in [0.2, 0.25) is 0 Å². The van der Waals surface area contributed by atoms with Gasteiger partial charge in [0.25, 0.3) is 0 Å². The maximum Gasteiger partial charge on any atom is 0.150 e. The molecule has 0 spiro atoms. The van der Waals surface area contributed by atoms with E-state index in [0.29, 0.717) is 12.3 Å².